The molecule has 0 saturated carbocycles. The van der Waals surface area contributed by atoms with Gasteiger partial charge in [-0.15, -0.1) is 0 Å². The highest BCUT2D eigenvalue weighted by Gasteiger charge is 2.24. The van der Waals surface area contributed by atoms with Crippen LogP contribution in [0.5, 0.6) is 0 Å². The fourth-order valence-corrected chi connectivity index (χ4v) is 2.01. The van der Waals surface area contributed by atoms with E-state index in [2.05, 4.69) is 0 Å². The minimum atomic E-state index is -3.84. The van der Waals surface area contributed by atoms with E-state index in [4.69, 9.17) is 11.6 Å². The Balaban J connectivity index is 3.49. The van der Waals surface area contributed by atoms with Gasteiger partial charge in [-0.2, -0.15) is 0 Å². The third kappa shape index (κ3) is 2.44. The van der Waals surface area contributed by atoms with Crippen LogP contribution in [0.2, 0.25) is 5.02 Å². The Morgan fingerprint density at radius 2 is 2.07 bits per heavy atom. The molecule has 1 aromatic rings. The third-order valence-corrected chi connectivity index (χ3v) is 3.37. The zero-order valence-corrected chi connectivity index (χ0v) is 9.17. The molecular weight excluding hydrogens is 244 g/mol. The van der Waals surface area contributed by atoms with Gasteiger partial charge in [-0.05, 0) is 19.2 Å². The van der Waals surface area contributed by atoms with Crippen LogP contribution in [0.15, 0.2) is 23.1 Å². The van der Waals surface area contributed by atoms with E-state index in [-0.39, 0.29) is 5.02 Å². The molecule has 0 saturated heterocycles. The Labute approximate surface area is 91.1 Å². The zero-order valence-electron chi connectivity index (χ0n) is 7.60. The second-order valence-electron chi connectivity index (χ2n) is 2.58. The molecule has 0 aliphatic rings. The standard InChI is InChI=1S/C7H7ClN2O4S/c1-9-15(13,14)7-3-2-5(8)4-6(7)10(11)12/h2-4,9H,1H3. The quantitative estimate of drug-likeness (QED) is 0.644. The van der Waals surface area contributed by atoms with Crippen LogP contribution in [0.25, 0.3) is 0 Å². The van der Waals surface area contributed by atoms with E-state index in [1.54, 1.807) is 0 Å². The number of nitro benzene ring substituents is 1. The molecule has 0 atom stereocenters. The number of sulfonamides is 1. The largest absolute Gasteiger partial charge is 0.290 e. The number of nitrogens with one attached hydrogen (secondary N) is 1. The SMILES string of the molecule is CNS(=O)(=O)c1ccc(Cl)cc1[N+](=O)[O-]. The van der Waals surface area contributed by atoms with E-state index < -0.39 is 25.5 Å². The second kappa shape index (κ2) is 4.13. The molecule has 8 heteroatoms. The topological polar surface area (TPSA) is 89.3 Å². The van der Waals surface area contributed by atoms with Crippen molar-refractivity contribution in [1.29, 1.82) is 0 Å². The van der Waals surface area contributed by atoms with Crippen LogP contribution < -0.4 is 4.72 Å². The van der Waals surface area contributed by atoms with Crippen LogP contribution in [-0.4, -0.2) is 20.4 Å². The van der Waals surface area contributed by atoms with Crippen LogP contribution in [0.3, 0.4) is 0 Å². The number of benzene rings is 1. The van der Waals surface area contributed by atoms with Gasteiger partial charge >= 0.3 is 0 Å². The van der Waals surface area contributed by atoms with Gasteiger partial charge < -0.3 is 0 Å². The summed E-state index contributed by atoms with van der Waals surface area (Å²) in [6.07, 6.45) is 0. The first-order chi connectivity index (χ1) is 6.88. The summed E-state index contributed by atoms with van der Waals surface area (Å²) in [5.74, 6) is 0. The van der Waals surface area contributed by atoms with Crippen molar-refractivity contribution in [3.05, 3.63) is 33.3 Å². The van der Waals surface area contributed by atoms with Gasteiger partial charge in [0.05, 0.1) is 4.92 Å². The lowest BCUT2D eigenvalue weighted by molar-refractivity contribution is -0.387. The van der Waals surface area contributed by atoms with Crippen molar-refractivity contribution < 1.29 is 13.3 Å². The molecule has 0 aliphatic heterocycles. The van der Waals surface area contributed by atoms with Crippen molar-refractivity contribution in [2.45, 2.75) is 4.90 Å². The summed E-state index contributed by atoms with van der Waals surface area (Å²) in [6.45, 7) is 0. The van der Waals surface area contributed by atoms with Gasteiger partial charge in [0.15, 0.2) is 4.90 Å². The molecule has 0 radical (unpaired) electrons. The van der Waals surface area contributed by atoms with Crippen LogP contribution >= 0.6 is 11.6 Å². The predicted molar refractivity (Wildman–Crippen MR) is 54.4 cm³/mol. The molecule has 0 bridgehead atoms. The molecule has 15 heavy (non-hydrogen) atoms. The van der Waals surface area contributed by atoms with Gasteiger partial charge in [-0.3, -0.25) is 10.1 Å². The number of halogens is 1. The second-order valence-corrected chi connectivity index (χ2v) is 4.87. The lowest BCUT2D eigenvalue weighted by atomic mass is 10.3. The molecule has 0 spiro atoms. The maximum atomic E-state index is 11.4. The summed E-state index contributed by atoms with van der Waals surface area (Å²) in [4.78, 5) is 9.39. The highest BCUT2D eigenvalue weighted by atomic mass is 35.5. The minimum absolute atomic E-state index is 0.108. The van der Waals surface area contributed by atoms with Crippen molar-refractivity contribution in [2.75, 3.05) is 7.05 Å². The lowest BCUT2D eigenvalue weighted by Gasteiger charge is -2.03. The van der Waals surface area contributed by atoms with E-state index in [1.165, 1.54) is 13.1 Å². The van der Waals surface area contributed by atoms with E-state index in [9.17, 15) is 18.5 Å². The monoisotopic (exact) mass is 250 g/mol. The van der Waals surface area contributed by atoms with Gasteiger partial charge in [0, 0.05) is 11.1 Å². The maximum absolute atomic E-state index is 11.4. The molecular formula is C7H7ClN2O4S. The van der Waals surface area contributed by atoms with Crippen molar-refractivity contribution in [3.63, 3.8) is 0 Å². The Bertz CT molecular complexity index is 500. The molecule has 0 aliphatic carbocycles. The normalized spacial score (nSPS) is 11.3. The minimum Gasteiger partial charge on any atom is -0.258 e. The highest BCUT2D eigenvalue weighted by Crippen LogP contribution is 2.26. The molecule has 1 rings (SSSR count). The van der Waals surface area contributed by atoms with Gasteiger partial charge in [-0.25, -0.2) is 13.1 Å². The first-order valence-corrected chi connectivity index (χ1v) is 5.62. The molecule has 0 fully saturated rings. The molecule has 82 valence electrons. The number of hydrogen-bond acceptors (Lipinski definition) is 4. The zero-order chi connectivity index (χ0) is 11.6. The van der Waals surface area contributed by atoms with E-state index in [1.807, 2.05) is 4.72 Å². The van der Waals surface area contributed by atoms with Crippen LogP contribution in [0.1, 0.15) is 0 Å². The number of nitro groups is 1. The number of rotatable bonds is 3. The van der Waals surface area contributed by atoms with E-state index >= 15 is 0 Å². The number of hydrogen-bond donors (Lipinski definition) is 1. The lowest BCUT2D eigenvalue weighted by Crippen LogP contribution is -2.19. The van der Waals surface area contributed by atoms with Gasteiger partial charge in [0.1, 0.15) is 0 Å². The molecule has 1 N–H and O–H groups in total. The number of nitrogens with zero attached hydrogens (tertiary/aromatic N) is 1. The first-order valence-electron chi connectivity index (χ1n) is 3.76. The molecule has 0 amide bonds. The fourth-order valence-electron chi connectivity index (χ4n) is 0.970. The Morgan fingerprint density at radius 1 is 1.47 bits per heavy atom. The first kappa shape index (κ1) is 11.9. The Hall–Kier alpha value is -1.18. The van der Waals surface area contributed by atoms with Gasteiger partial charge in [-0.1, -0.05) is 11.6 Å². The molecule has 0 aromatic heterocycles. The summed E-state index contributed by atoms with van der Waals surface area (Å²) in [5.41, 5.74) is -0.545. The average molecular weight is 251 g/mol. The molecule has 0 heterocycles. The Morgan fingerprint density at radius 3 is 2.53 bits per heavy atom. The Kier molecular flexibility index (Phi) is 3.28. The highest BCUT2D eigenvalue weighted by molar-refractivity contribution is 7.89. The van der Waals surface area contributed by atoms with Crippen LogP contribution in [0, 0.1) is 10.1 Å². The fraction of sp³-hybridized carbons (Fsp3) is 0.143. The van der Waals surface area contributed by atoms with Crippen molar-refractivity contribution in [3.8, 4) is 0 Å². The van der Waals surface area contributed by atoms with Crippen molar-refractivity contribution in [2.24, 2.45) is 0 Å². The summed E-state index contributed by atoms with van der Waals surface area (Å²) in [7, 11) is -2.67. The van der Waals surface area contributed by atoms with Crippen LogP contribution in [0.4, 0.5) is 5.69 Å². The van der Waals surface area contributed by atoms with Crippen molar-refractivity contribution in [1.82, 2.24) is 4.72 Å². The maximum Gasteiger partial charge on any atom is 0.290 e. The summed E-state index contributed by atoms with van der Waals surface area (Å²) < 4.78 is 24.8. The molecule has 0 unspecified atom stereocenters. The average Bonchev–Trinajstić information content (AvgIpc) is 2.17. The smallest absolute Gasteiger partial charge is 0.258 e. The van der Waals surface area contributed by atoms with E-state index in [0.717, 1.165) is 12.1 Å². The van der Waals surface area contributed by atoms with Gasteiger partial charge in [0.2, 0.25) is 10.0 Å². The van der Waals surface area contributed by atoms with Crippen molar-refractivity contribution >= 4 is 27.3 Å². The predicted octanol–water partition coefficient (Wildman–Crippen LogP) is 1.16. The molecule has 1 aromatic carbocycles. The van der Waals surface area contributed by atoms with Crippen LogP contribution in [-0.2, 0) is 10.0 Å². The van der Waals surface area contributed by atoms with Gasteiger partial charge in [0.25, 0.3) is 5.69 Å². The summed E-state index contributed by atoms with van der Waals surface area (Å²) in [5, 5.41) is 10.7. The summed E-state index contributed by atoms with van der Waals surface area (Å²) >= 11 is 5.53. The third-order valence-electron chi connectivity index (χ3n) is 1.68. The molecule has 6 nitrogen and oxygen atoms in total. The van der Waals surface area contributed by atoms with E-state index in [0.29, 0.717) is 0 Å². The summed E-state index contributed by atoms with van der Waals surface area (Å²) in [6, 6.07) is 3.36.